The Hall–Kier alpha value is -2.35. The van der Waals surface area contributed by atoms with Crippen LogP contribution in [-0.2, 0) is 4.79 Å². The minimum Gasteiger partial charge on any atom is -0.481 e. The number of nitrogens with zero attached hydrogens (tertiary/aromatic N) is 1. The lowest BCUT2D eigenvalue weighted by Gasteiger charge is -2.05. The van der Waals surface area contributed by atoms with Crippen LogP contribution in [0.25, 0.3) is 0 Å². The number of benzene rings is 1. The molecule has 76 valence electrons. The molecule has 15 heavy (non-hydrogen) atoms. The van der Waals surface area contributed by atoms with Crippen molar-refractivity contribution in [2.24, 2.45) is 0 Å². The van der Waals surface area contributed by atoms with E-state index >= 15 is 0 Å². The predicted octanol–water partition coefficient (Wildman–Crippen LogP) is 0.834. The zero-order chi connectivity index (χ0) is 11.3. The van der Waals surface area contributed by atoms with Gasteiger partial charge in [0.1, 0.15) is 5.75 Å². The molecule has 0 spiro atoms. The zero-order valence-electron chi connectivity index (χ0n) is 7.64. The highest BCUT2D eigenvalue weighted by Gasteiger charge is 2.06. The molecule has 1 aromatic rings. The third kappa shape index (κ3) is 2.81. The van der Waals surface area contributed by atoms with E-state index in [0.29, 0.717) is 11.8 Å². The maximum atomic E-state index is 10.6. The van der Waals surface area contributed by atoms with Gasteiger partial charge in [-0.15, -0.1) is 0 Å². The first-order valence-corrected chi connectivity index (χ1v) is 4.01. The van der Waals surface area contributed by atoms with Gasteiger partial charge in [0.25, 0.3) is 0 Å². The van der Waals surface area contributed by atoms with Gasteiger partial charge in [-0.05, 0) is 18.2 Å². The summed E-state index contributed by atoms with van der Waals surface area (Å²) in [6.07, 6.45) is 0.512. The van der Waals surface area contributed by atoms with Crippen molar-refractivity contribution < 1.29 is 19.4 Å². The van der Waals surface area contributed by atoms with E-state index in [9.17, 15) is 9.59 Å². The van der Waals surface area contributed by atoms with Gasteiger partial charge in [-0.1, -0.05) is 0 Å². The summed E-state index contributed by atoms with van der Waals surface area (Å²) in [4.78, 5) is 20.8. The number of nitriles is 1. The van der Waals surface area contributed by atoms with Gasteiger partial charge in [0.15, 0.2) is 12.9 Å². The Balaban J connectivity index is 2.93. The molecule has 0 aliphatic carbocycles. The molecule has 0 fully saturated rings. The van der Waals surface area contributed by atoms with Crippen LogP contribution in [0.1, 0.15) is 15.9 Å². The van der Waals surface area contributed by atoms with Crippen LogP contribution in [0.2, 0.25) is 0 Å². The molecule has 0 radical (unpaired) electrons. The molecule has 0 bridgehead atoms. The van der Waals surface area contributed by atoms with Crippen LogP contribution in [0.15, 0.2) is 18.2 Å². The maximum Gasteiger partial charge on any atom is 0.341 e. The molecule has 0 aromatic heterocycles. The number of carbonyl (C=O) groups is 2. The Morgan fingerprint density at radius 2 is 2.33 bits per heavy atom. The highest BCUT2D eigenvalue weighted by Crippen LogP contribution is 2.17. The molecule has 0 aliphatic rings. The van der Waals surface area contributed by atoms with Gasteiger partial charge in [-0.2, -0.15) is 5.26 Å². The quantitative estimate of drug-likeness (QED) is 0.735. The number of ether oxygens (including phenoxy) is 1. The molecule has 5 nitrogen and oxygen atoms in total. The Morgan fingerprint density at radius 3 is 2.87 bits per heavy atom. The summed E-state index contributed by atoms with van der Waals surface area (Å²) in [6, 6.07) is 6.04. The Labute approximate surface area is 85.5 Å². The van der Waals surface area contributed by atoms with Crippen molar-refractivity contribution in [2.75, 3.05) is 6.61 Å². The normalized spacial score (nSPS) is 9.00. The molecule has 0 heterocycles. The smallest absolute Gasteiger partial charge is 0.341 e. The molecule has 1 rings (SSSR count). The molecule has 0 saturated heterocycles. The van der Waals surface area contributed by atoms with Crippen molar-refractivity contribution in [1.29, 1.82) is 5.26 Å². The molecule has 0 amide bonds. The third-order valence-electron chi connectivity index (χ3n) is 1.62. The SMILES string of the molecule is N#Cc1ccc(OCC(=O)O)c(C=O)c1. The van der Waals surface area contributed by atoms with Gasteiger partial charge < -0.3 is 9.84 Å². The minimum absolute atomic E-state index is 0.159. The average Bonchev–Trinajstić information content (AvgIpc) is 2.25. The molecule has 0 atom stereocenters. The van der Waals surface area contributed by atoms with E-state index in [2.05, 4.69) is 0 Å². The van der Waals surface area contributed by atoms with Crippen LogP contribution < -0.4 is 4.74 Å². The van der Waals surface area contributed by atoms with Crippen LogP contribution in [-0.4, -0.2) is 24.0 Å². The molecule has 0 aliphatic heterocycles. The highest BCUT2D eigenvalue weighted by atomic mass is 16.5. The Bertz CT molecular complexity index is 434. The van der Waals surface area contributed by atoms with Crippen LogP contribution in [0.3, 0.4) is 0 Å². The van der Waals surface area contributed by atoms with Gasteiger partial charge in [0.05, 0.1) is 17.2 Å². The minimum atomic E-state index is -1.13. The van der Waals surface area contributed by atoms with Gasteiger partial charge in [-0.3, -0.25) is 4.79 Å². The fraction of sp³-hybridized carbons (Fsp3) is 0.100. The second-order valence-corrected chi connectivity index (χ2v) is 2.66. The van der Waals surface area contributed by atoms with Crippen molar-refractivity contribution in [3.05, 3.63) is 29.3 Å². The molecule has 1 aromatic carbocycles. The first-order chi connectivity index (χ1) is 7.17. The van der Waals surface area contributed by atoms with E-state index in [1.54, 1.807) is 0 Å². The van der Waals surface area contributed by atoms with E-state index in [-0.39, 0.29) is 11.3 Å². The summed E-state index contributed by atoms with van der Waals surface area (Å²) in [6.45, 7) is -0.521. The van der Waals surface area contributed by atoms with Crippen molar-refractivity contribution in [3.63, 3.8) is 0 Å². The van der Waals surface area contributed by atoms with Gasteiger partial charge in [0, 0.05) is 0 Å². The zero-order valence-corrected chi connectivity index (χ0v) is 7.64. The van der Waals surface area contributed by atoms with Gasteiger partial charge >= 0.3 is 5.97 Å². The van der Waals surface area contributed by atoms with Crippen molar-refractivity contribution in [3.8, 4) is 11.8 Å². The number of rotatable bonds is 4. The van der Waals surface area contributed by atoms with Gasteiger partial charge in [0.2, 0.25) is 0 Å². The van der Waals surface area contributed by atoms with Gasteiger partial charge in [-0.25, -0.2) is 4.79 Å². The molecule has 5 heteroatoms. The van der Waals surface area contributed by atoms with E-state index in [4.69, 9.17) is 15.1 Å². The van der Waals surface area contributed by atoms with E-state index in [1.807, 2.05) is 6.07 Å². The Morgan fingerprint density at radius 1 is 1.60 bits per heavy atom. The van der Waals surface area contributed by atoms with Crippen LogP contribution >= 0.6 is 0 Å². The molecule has 0 saturated carbocycles. The number of aldehydes is 1. The molecular weight excluding hydrogens is 198 g/mol. The Kier molecular flexibility index (Phi) is 3.41. The van der Waals surface area contributed by atoms with Crippen LogP contribution in [0.4, 0.5) is 0 Å². The van der Waals surface area contributed by atoms with E-state index in [1.165, 1.54) is 18.2 Å². The summed E-state index contributed by atoms with van der Waals surface area (Å²) in [7, 11) is 0. The summed E-state index contributed by atoms with van der Waals surface area (Å²) < 4.78 is 4.85. The number of carbonyl (C=O) groups excluding carboxylic acids is 1. The number of hydrogen-bond donors (Lipinski definition) is 1. The van der Waals surface area contributed by atoms with Crippen molar-refractivity contribution >= 4 is 12.3 Å². The number of carboxylic acid groups (broad SMARTS) is 1. The third-order valence-corrected chi connectivity index (χ3v) is 1.62. The average molecular weight is 205 g/mol. The second-order valence-electron chi connectivity index (χ2n) is 2.66. The molecular formula is C10H7NO4. The number of carboxylic acids is 1. The number of hydrogen-bond acceptors (Lipinski definition) is 4. The van der Waals surface area contributed by atoms with E-state index in [0.717, 1.165) is 0 Å². The van der Waals surface area contributed by atoms with Crippen LogP contribution in [0, 0.1) is 11.3 Å². The van der Waals surface area contributed by atoms with Crippen LogP contribution in [0.5, 0.6) is 5.75 Å². The van der Waals surface area contributed by atoms with E-state index < -0.39 is 12.6 Å². The maximum absolute atomic E-state index is 10.6. The highest BCUT2D eigenvalue weighted by molar-refractivity contribution is 5.80. The summed E-state index contributed by atoms with van der Waals surface area (Å²) in [5.41, 5.74) is 0.482. The lowest BCUT2D eigenvalue weighted by atomic mass is 10.1. The second kappa shape index (κ2) is 4.77. The summed E-state index contributed by atoms with van der Waals surface area (Å²) >= 11 is 0. The fourth-order valence-corrected chi connectivity index (χ4v) is 0.981. The lowest BCUT2D eigenvalue weighted by Crippen LogP contribution is -2.10. The molecule has 0 unspecified atom stereocenters. The van der Waals surface area contributed by atoms with Crippen molar-refractivity contribution in [1.82, 2.24) is 0 Å². The first-order valence-electron chi connectivity index (χ1n) is 4.01. The summed E-state index contributed by atoms with van der Waals surface area (Å²) in [5, 5.41) is 16.9. The lowest BCUT2D eigenvalue weighted by molar-refractivity contribution is -0.139. The standard InChI is InChI=1S/C10H7NO4/c11-4-7-1-2-9(8(3-7)5-12)15-6-10(13)14/h1-3,5H,6H2,(H,13,14). The monoisotopic (exact) mass is 205 g/mol. The number of aliphatic carboxylic acids is 1. The topological polar surface area (TPSA) is 87.4 Å². The fourth-order valence-electron chi connectivity index (χ4n) is 0.981. The summed E-state index contributed by atoms with van der Waals surface area (Å²) in [5.74, 6) is -0.970. The van der Waals surface area contributed by atoms with Crippen molar-refractivity contribution in [2.45, 2.75) is 0 Å². The predicted molar refractivity (Wildman–Crippen MR) is 49.7 cm³/mol. The first kappa shape index (κ1) is 10.7. The largest absolute Gasteiger partial charge is 0.481 e. The molecule has 1 N–H and O–H groups in total.